The number of ether oxygens (including phenoxy) is 1. The molecule has 0 aliphatic heterocycles. The molecule has 0 spiro atoms. The minimum absolute atomic E-state index is 0.270. The number of amides is 1. The molecule has 0 saturated carbocycles. The van der Waals surface area contributed by atoms with Gasteiger partial charge in [-0.05, 0) is 36.3 Å². The van der Waals surface area contributed by atoms with Crippen LogP contribution in [0.15, 0.2) is 61.2 Å². The van der Waals surface area contributed by atoms with Crippen LogP contribution in [0.25, 0.3) is 11.1 Å². The summed E-state index contributed by atoms with van der Waals surface area (Å²) in [6, 6.07) is 15.4. The van der Waals surface area contributed by atoms with Crippen molar-refractivity contribution in [2.24, 2.45) is 0 Å². The third-order valence-electron chi connectivity index (χ3n) is 3.94. The van der Waals surface area contributed by atoms with E-state index in [1.807, 2.05) is 55.5 Å². The van der Waals surface area contributed by atoms with Gasteiger partial charge in [-0.1, -0.05) is 77.6 Å². The summed E-state index contributed by atoms with van der Waals surface area (Å²) in [6.07, 6.45) is 3.46. The van der Waals surface area contributed by atoms with Crippen molar-refractivity contribution in [3.8, 4) is 5.75 Å². The molecule has 1 heterocycles. The lowest BCUT2D eigenvalue weighted by Crippen LogP contribution is -2.22. The SMILES string of the molecule is C=CCOc1ccc(C=C(Cl)c2nnc(C(=O)NCc3ccc(C)cc3)s2)cc1. The minimum Gasteiger partial charge on any atom is -0.490 e. The zero-order valence-corrected chi connectivity index (χ0v) is 17.5. The first-order valence-electron chi connectivity index (χ1n) is 8.94. The third-order valence-corrected chi connectivity index (χ3v) is 5.29. The van der Waals surface area contributed by atoms with Gasteiger partial charge in [0.1, 0.15) is 12.4 Å². The molecule has 0 unspecified atom stereocenters. The first kappa shape index (κ1) is 20.8. The summed E-state index contributed by atoms with van der Waals surface area (Å²) in [6.45, 7) is 6.52. The van der Waals surface area contributed by atoms with Gasteiger partial charge in [-0.3, -0.25) is 4.79 Å². The fourth-order valence-corrected chi connectivity index (χ4v) is 3.35. The molecule has 0 saturated heterocycles. The van der Waals surface area contributed by atoms with Gasteiger partial charge < -0.3 is 10.1 Å². The number of nitrogens with zero attached hydrogens (tertiary/aromatic N) is 2. The highest BCUT2D eigenvalue weighted by molar-refractivity contribution is 7.15. The zero-order valence-electron chi connectivity index (χ0n) is 15.9. The first-order valence-corrected chi connectivity index (χ1v) is 10.1. The number of hydrogen-bond acceptors (Lipinski definition) is 5. The molecule has 3 rings (SSSR count). The van der Waals surface area contributed by atoms with Crippen LogP contribution in [0.4, 0.5) is 0 Å². The normalized spacial score (nSPS) is 11.2. The quantitative estimate of drug-likeness (QED) is 0.511. The van der Waals surface area contributed by atoms with Crippen LogP contribution < -0.4 is 10.1 Å². The van der Waals surface area contributed by atoms with Gasteiger partial charge in [0.25, 0.3) is 5.91 Å². The van der Waals surface area contributed by atoms with Crippen LogP contribution in [0.5, 0.6) is 5.75 Å². The number of rotatable bonds is 8. The Morgan fingerprint density at radius 3 is 2.52 bits per heavy atom. The summed E-state index contributed by atoms with van der Waals surface area (Å²) < 4.78 is 5.45. The zero-order chi connectivity index (χ0) is 20.6. The van der Waals surface area contributed by atoms with Crippen LogP contribution >= 0.6 is 22.9 Å². The van der Waals surface area contributed by atoms with Crippen LogP contribution in [-0.4, -0.2) is 22.7 Å². The lowest BCUT2D eigenvalue weighted by atomic mass is 10.1. The monoisotopic (exact) mass is 425 g/mol. The predicted molar refractivity (Wildman–Crippen MR) is 118 cm³/mol. The maximum absolute atomic E-state index is 12.3. The van der Waals surface area contributed by atoms with Crippen LogP contribution in [0, 0.1) is 6.92 Å². The molecule has 1 N–H and O–H groups in total. The molecule has 0 atom stereocenters. The average molecular weight is 426 g/mol. The lowest BCUT2D eigenvalue weighted by molar-refractivity contribution is 0.0950. The Morgan fingerprint density at radius 1 is 1.14 bits per heavy atom. The number of aromatic nitrogens is 2. The van der Waals surface area contributed by atoms with E-state index in [-0.39, 0.29) is 10.9 Å². The summed E-state index contributed by atoms with van der Waals surface area (Å²) in [5, 5.41) is 12.0. The fraction of sp³-hybridized carbons (Fsp3) is 0.136. The number of carbonyl (C=O) groups is 1. The summed E-state index contributed by atoms with van der Waals surface area (Å²) >= 11 is 7.51. The standard InChI is InChI=1S/C22H20ClN3O2S/c1-3-12-28-18-10-8-16(9-11-18)13-19(23)21-25-26-22(29-21)20(27)24-14-17-6-4-15(2)5-7-17/h3-11,13H,1,12,14H2,2H3,(H,24,27). The molecular weight excluding hydrogens is 406 g/mol. The van der Waals surface area contributed by atoms with E-state index < -0.39 is 0 Å². The van der Waals surface area contributed by atoms with Gasteiger partial charge in [-0.15, -0.1) is 10.2 Å². The Balaban J connectivity index is 1.61. The molecule has 1 amide bonds. The maximum atomic E-state index is 12.3. The molecule has 29 heavy (non-hydrogen) atoms. The van der Waals surface area contributed by atoms with E-state index >= 15 is 0 Å². The molecule has 1 aromatic heterocycles. The fourth-order valence-electron chi connectivity index (χ4n) is 2.40. The highest BCUT2D eigenvalue weighted by atomic mass is 35.5. The van der Waals surface area contributed by atoms with E-state index in [4.69, 9.17) is 16.3 Å². The van der Waals surface area contributed by atoms with Crippen molar-refractivity contribution in [3.05, 3.63) is 87.9 Å². The minimum atomic E-state index is -0.275. The van der Waals surface area contributed by atoms with E-state index in [1.54, 1.807) is 12.2 Å². The molecule has 5 nitrogen and oxygen atoms in total. The van der Waals surface area contributed by atoms with Crippen molar-refractivity contribution >= 4 is 40.0 Å². The number of halogens is 1. The van der Waals surface area contributed by atoms with Gasteiger partial charge >= 0.3 is 0 Å². The number of nitrogens with one attached hydrogen (secondary N) is 1. The van der Waals surface area contributed by atoms with Gasteiger partial charge in [0.15, 0.2) is 5.01 Å². The molecule has 0 aliphatic carbocycles. The van der Waals surface area contributed by atoms with E-state index in [1.165, 1.54) is 5.56 Å². The molecule has 148 valence electrons. The van der Waals surface area contributed by atoms with E-state index in [9.17, 15) is 4.79 Å². The predicted octanol–water partition coefficient (Wildman–Crippen LogP) is 5.08. The molecule has 3 aromatic rings. The number of benzene rings is 2. The second kappa shape index (κ2) is 10.0. The Morgan fingerprint density at radius 2 is 1.83 bits per heavy atom. The number of carbonyl (C=O) groups excluding carboxylic acids is 1. The van der Waals surface area contributed by atoms with Crippen molar-refractivity contribution in [2.75, 3.05) is 6.61 Å². The van der Waals surface area contributed by atoms with Crippen LogP contribution in [-0.2, 0) is 6.54 Å². The summed E-state index contributed by atoms with van der Waals surface area (Å²) in [5.41, 5.74) is 3.09. The van der Waals surface area contributed by atoms with E-state index in [2.05, 4.69) is 22.1 Å². The first-order chi connectivity index (χ1) is 14.0. The van der Waals surface area contributed by atoms with Crippen molar-refractivity contribution < 1.29 is 9.53 Å². The third kappa shape index (κ3) is 6.01. The molecule has 0 fully saturated rings. The Hall–Kier alpha value is -2.96. The Kier molecular flexibility index (Phi) is 7.16. The second-order valence-electron chi connectivity index (χ2n) is 6.24. The molecule has 2 aromatic carbocycles. The van der Waals surface area contributed by atoms with Crippen molar-refractivity contribution in [1.29, 1.82) is 0 Å². The average Bonchev–Trinajstić information content (AvgIpc) is 3.23. The van der Waals surface area contributed by atoms with Gasteiger partial charge in [0, 0.05) is 6.54 Å². The summed E-state index contributed by atoms with van der Waals surface area (Å²) in [5.74, 6) is 0.476. The second-order valence-corrected chi connectivity index (χ2v) is 7.63. The summed E-state index contributed by atoms with van der Waals surface area (Å²) in [4.78, 5) is 12.3. The largest absolute Gasteiger partial charge is 0.490 e. The number of hydrogen-bond donors (Lipinski definition) is 1. The van der Waals surface area contributed by atoms with Gasteiger partial charge in [0.2, 0.25) is 5.01 Å². The van der Waals surface area contributed by atoms with Crippen molar-refractivity contribution in [3.63, 3.8) is 0 Å². The van der Waals surface area contributed by atoms with Gasteiger partial charge in [-0.2, -0.15) is 0 Å². The van der Waals surface area contributed by atoms with E-state index in [0.29, 0.717) is 23.2 Å². The topological polar surface area (TPSA) is 64.1 Å². The van der Waals surface area contributed by atoms with Crippen LogP contribution in [0.2, 0.25) is 0 Å². The molecular formula is C22H20ClN3O2S. The summed E-state index contributed by atoms with van der Waals surface area (Å²) in [7, 11) is 0. The van der Waals surface area contributed by atoms with Crippen molar-refractivity contribution in [2.45, 2.75) is 13.5 Å². The van der Waals surface area contributed by atoms with Gasteiger partial charge in [-0.25, -0.2) is 0 Å². The molecule has 0 aliphatic rings. The maximum Gasteiger partial charge on any atom is 0.282 e. The smallest absolute Gasteiger partial charge is 0.282 e. The van der Waals surface area contributed by atoms with Crippen LogP contribution in [0.3, 0.4) is 0 Å². The number of aryl methyl sites for hydroxylation is 1. The Labute approximate surface area is 178 Å². The molecule has 0 bridgehead atoms. The van der Waals surface area contributed by atoms with Crippen LogP contribution in [0.1, 0.15) is 31.5 Å². The lowest BCUT2D eigenvalue weighted by Gasteiger charge is -2.03. The van der Waals surface area contributed by atoms with Crippen molar-refractivity contribution in [1.82, 2.24) is 15.5 Å². The Bertz CT molecular complexity index is 1010. The highest BCUT2D eigenvalue weighted by Crippen LogP contribution is 2.26. The highest BCUT2D eigenvalue weighted by Gasteiger charge is 2.14. The molecule has 0 radical (unpaired) electrons. The van der Waals surface area contributed by atoms with E-state index in [0.717, 1.165) is 28.2 Å². The molecule has 7 heteroatoms. The van der Waals surface area contributed by atoms with Gasteiger partial charge in [0.05, 0.1) is 5.03 Å².